The molecule has 166 valence electrons. The van der Waals surface area contributed by atoms with Crippen molar-refractivity contribution in [3.05, 3.63) is 90.2 Å². The Kier molecular flexibility index (Phi) is 6.53. The lowest BCUT2D eigenvalue weighted by molar-refractivity contribution is 0.0765. The molecule has 3 aromatic carbocycles. The molecule has 1 aliphatic heterocycles. The molecule has 0 saturated carbocycles. The van der Waals surface area contributed by atoms with Gasteiger partial charge in [-0.1, -0.05) is 30.3 Å². The second-order valence-corrected chi connectivity index (χ2v) is 9.48. The minimum atomic E-state index is -3.75. The SMILES string of the molecule is O=C(c1ccccc1Nc1ccccc1)N1CCCN(S(=O)(=O)c2ccc(F)cc2)CC1. The number of rotatable bonds is 5. The van der Waals surface area contributed by atoms with Gasteiger partial charge in [-0.2, -0.15) is 4.31 Å². The van der Waals surface area contributed by atoms with Crippen molar-refractivity contribution in [2.24, 2.45) is 0 Å². The molecular formula is C24H24FN3O3S. The van der Waals surface area contributed by atoms with Crippen molar-refractivity contribution >= 4 is 27.3 Å². The third-order valence-corrected chi connectivity index (χ3v) is 7.32. The minimum absolute atomic E-state index is 0.0519. The Bertz CT molecular complexity index is 1180. The summed E-state index contributed by atoms with van der Waals surface area (Å²) in [5.41, 5.74) is 2.11. The van der Waals surface area contributed by atoms with Gasteiger partial charge >= 0.3 is 0 Å². The number of carbonyl (C=O) groups excluding carboxylic acids is 1. The predicted molar refractivity (Wildman–Crippen MR) is 122 cm³/mol. The van der Waals surface area contributed by atoms with Crippen molar-refractivity contribution < 1.29 is 17.6 Å². The van der Waals surface area contributed by atoms with Crippen LogP contribution in [0.5, 0.6) is 0 Å². The summed E-state index contributed by atoms with van der Waals surface area (Å²) < 4.78 is 40.4. The van der Waals surface area contributed by atoms with E-state index in [1.165, 1.54) is 16.4 Å². The number of para-hydroxylation sites is 2. The first kappa shape index (κ1) is 22.0. The molecule has 4 rings (SSSR count). The van der Waals surface area contributed by atoms with Gasteiger partial charge in [0.15, 0.2) is 0 Å². The number of sulfonamides is 1. The van der Waals surface area contributed by atoms with Gasteiger partial charge in [0.1, 0.15) is 5.82 Å². The van der Waals surface area contributed by atoms with Crippen LogP contribution in [-0.4, -0.2) is 49.7 Å². The Morgan fingerprint density at radius 2 is 1.50 bits per heavy atom. The number of amides is 1. The summed E-state index contributed by atoms with van der Waals surface area (Å²) in [6.45, 7) is 1.21. The molecule has 0 spiro atoms. The first-order valence-corrected chi connectivity index (χ1v) is 11.9. The number of nitrogens with one attached hydrogen (secondary N) is 1. The zero-order valence-corrected chi connectivity index (χ0v) is 18.3. The van der Waals surface area contributed by atoms with Gasteiger partial charge in [0.25, 0.3) is 5.91 Å². The number of anilines is 2. The third-order valence-electron chi connectivity index (χ3n) is 5.40. The van der Waals surface area contributed by atoms with Crippen molar-refractivity contribution in [3.8, 4) is 0 Å². The number of hydrogen-bond acceptors (Lipinski definition) is 4. The number of halogens is 1. The fraction of sp³-hybridized carbons (Fsp3) is 0.208. The van der Waals surface area contributed by atoms with Crippen molar-refractivity contribution in [3.63, 3.8) is 0 Å². The fourth-order valence-electron chi connectivity index (χ4n) is 3.72. The van der Waals surface area contributed by atoms with Crippen LogP contribution in [0.15, 0.2) is 83.8 Å². The van der Waals surface area contributed by atoms with Crippen LogP contribution in [0.1, 0.15) is 16.8 Å². The molecule has 1 N–H and O–H groups in total. The van der Waals surface area contributed by atoms with E-state index in [1.807, 2.05) is 48.5 Å². The normalized spacial score (nSPS) is 15.2. The number of carbonyl (C=O) groups is 1. The van der Waals surface area contributed by atoms with Crippen LogP contribution in [0.25, 0.3) is 0 Å². The maximum atomic E-state index is 13.3. The molecule has 1 amide bonds. The van der Waals surface area contributed by atoms with E-state index in [0.717, 1.165) is 17.8 Å². The Hall–Kier alpha value is -3.23. The monoisotopic (exact) mass is 453 g/mol. The lowest BCUT2D eigenvalue weighted by atomic mass is 10.1. The molecule has 0 aliphatic carbocycles. The van der Waals surface area contributed by atoms with E-state index >= 15 is 0 Å². The van der Waals surface area contributed by atoms with Crippen LogP contribution in [-0.2, 0) is 10.0 Å². The lowest BCUT2D eigenvalue weighted by Crippen LogP contribution is -2.37. The molecule has 3 aromatic rings. The molecule has 32 heavy (non-hydrogen) atoms. The molecule has 1 aliphatic rings. The van der Waals surface area contributed by atoms with Gasteiger partial charge in [-0.25, -0.2) is 12.8 Å². The van der Waals surface area contributed by atoms with E-state index < -0.39 is 15.8 Å². The zero-order valence-electron chi connectivity index (χ0n) is 17.4. The summed E-state index contributed by atoms with van der Waals surface area (Å²) >= 11 is 0. The van der Waals surface area contributed by atoms with E-state index in [9.17, 15) is 17.6 Å². The number of benzene rings is 3. The van der Waals surface area contributed by atoms with Gasteiger partial charge in [-0.05, 0) is 55.0 Å². The average molecular weight is 454 g/mol. The van der Waals surface area contributed by atoms with Crippen LogP contribution < -0.4 is 5.32 Å². The summed E-state index contributed by atoms with van der Waals surface area (Å²) in [6.07, 6.45) is 0.514. The molecular weight excluding hydrogens is 429 g/mol. The minimum Gasteiger partial charge on any atom is -0.355 e. The molecule has 1 saturated heterocycles. The molecule has 8 heteroatoms. The first-order valence-electron chi connectivity index (χ1n) is 10.4. The topological polar surface area (TPSA) is 69.7 Å². The van der Waals surface area contributed by atoms with E-state index in [4.69, 9.17) is 0 Å². The second kappa shape index (κ2) is 9.50. The molecule has 0 bridgehead atoms. The molecule has 0 aromatic heterocycles. The van der Waals surface area contributed by atoms with E-state index in [-0.39, 0.29) is 23.9 Å². The summed E-state index contributed by atoms with van der Waals surface area (Å²) in [7, 11) is -3.75. The molecule has 1 fully saturated rings. The second-order valence-electron chi connectivity index (χ2n) is 7.54. The summed E-state index contributed by atoms with van der Waals surface area (Å²) in [4.78, 5) is 15.0. The van der Waals surface area contributed by atoms with E-state index in [0.29, 0.717) is 30.8 Å². The van der Waals surface area contributed by atoms with E-state index in [2.05, 4.69) is 5.32 Å². The highest BCUT2D eigenvalue weighted by Crippen LogP contribution is 2.24. The first-order chi connectivity index (χ1) is 15.4. The van der Waals surface area contributed by atoms with Gasteiger partial charge in [0.05, 0.1) is 16.1 Å². The van der Waals surface area contributed by atoms with Crippen LogP contribution >= 0.6 is 0 Å². The Balaban J connectivity index is 1.49. The predicted octanol–water partition coefficient (Wildman–Crippen LogP) is 4.11. The molecule has 0 unspecified atom stereocenters. The van der Waals surface area contributed by atoms with Crippen LogP contribution in [0.4, 0.5) is 15.8 Å². The summed E-state index contributed by atoms with van der Waals surface area (Å²) in [6, 6.07) is 21.7. The van der Waals surface area contributed by atoms with Crippen molar-refractivity contribution in [2.45, 2.75) is 11.3 Å². The molecule has 1 heterocycles. The molecule has 0 radical (unpaired) electrons. The third kappa shape index (κ3) is 4.81. The molecule has 6 nitrogen and oxygen atoms in total. The Labute approximate surface area is 187 Å². The van der Waals surface area contributed by atoms with E-state index in [1.54, 1.807) is 11.0 Å². The number of nitrogens with zero attached hydrogens (tertiary/aromatic N) is 2. The highest BCUT2D eigenvalue weighted by atomic mass is 32.2. The fourth-order valence-corrected chi connectivity index (χ4v) is 5.19. The quantitative estimate of drug-likeness (QED) is 0.631. The standard InChI is InChI=1S/C24H24FN3O3S/c25-19-11-13-21(14-12-19)32(30,31)28-16-6-15-27(17-18-28)24(29)22-9-4-5-10-23(22)26-20-7-2-1-3-8-20/h1-5,7-14,26H,6,15-18H2. The number of hydrogen-bond donors (Lipinski definition) is 1. The molecule has 0 atom stereocenters. The van der Waals surface area contributed by atoms with Crippen molar-refractivity contribution in [2.75, 3.05) is 31.5 Å². The maximum absolute atomic E-state index is 13.3. The van der Waals surface area contributed by atoms with Crippen LogP contribution in [0.2, 0.25) is 0 Å². The van der Waals surface area contributed by atoms with Gasteiger partial charge in [0, 0.05) is 31.9 Å². The van der Waals surface area contributed by atoms with Gasteiger partial charge < -0.3 is 10.2 Å². The van der Waals surface area contributed by atoms with Gasteiger partial charge in [-0.15, -0.1) is 0 Å². The largest absolute Gasteiger partial charge is 0.355 e. The van der Waals surface area contributed by atoms with Crippen LogP contribution in [0, 0.1) is 5.82 Å². The van der Waals surface area contributed by atoms with Gasteiger partial charge in [0.2, 0.25) is 10.0 Å². The summed E-state index contributed by atoms with van der Waals surface area (Å²) in [5, 5.41) is 3.28. The summed E-state index contributed by atoms with van der Waals surface area (Å²) in [5.74, 6) is -0.635. The maximum Gasteiger partial charge on any atom is 0.256 e. The Morgan fingerprint density at radius 1 is 0.812 bits per heavy atom. The average Bonchev–Trinajstić information content (AvgIpc) is 3.07. The lowest BCUT2D eigenvalue weighted by Gasteiger charge is -2.23. The smallest absolute Gasteiger partial charge is 0.256 e. The zero-order chi connectivity index (χ0) is 22.6. The van der Waals surface area contributed by atoms with Crippen molar-refractivity contribution in [1.29, 1.82) is 0 Å². The van der Waals surface area contributed by atoms with Crippen molar-refractivity contribution in [1.82, 2.24) is 9.21 Å². The highest BCUT2D eigenvalue weighted by Gasteiger charge is 2.29. The van der Waals surface area contributed by atoms with Crippen LogP contribution in [0.3, 0.4) is 0 Å². The van der Waals surface area contributed by atoms with Gasteiger partial charge in [-0.3, -0.25) is 4.79 Å². The highest BCUT2D eigenvalue weighted by molar-refractivity contribution is 7.89. The Morgan fingerprint density at radius 3 is 2.25 bits per heavy atom.